The fraction of sp³-hybridized carbons (Fsp3) is 0.846. The Morgan fingerprint density at radius 3 is 3.00 bits per heavy atom. The van der Waals surface area contributed by atoms with E-state index in [1.165, 1.54) is 18.0 Å². The summed E-state index contributed by atoms with van der Waals surface area (Å²) in [6, 6.07) is 0. The molecule has 6 heteroatoms. The van der Waals surface area contributed by atoms with E-state index in [2.05, 4.69) is 21.8 Å². The molecule has 1 fully saturated rings. The SMILES string of the molecule is CCCNc1snnc1COC1CCCC(OC)C1. The molecule has 5 nitrogen and oxygen atoms in total. The van der Waals surface area contributed by atoms with Crippen molar-refractivity contribution in [1.29, 1.82) is 0 Å². The maximum atomic E-state index is 5.96. The first kappa shape index (κ1) is 14.7. The number of methoxy groups -OCH3 is 1. The van der Waals surface area contributed by atoms with Gasteiger partial charge in [-0.3, -0.25) is 0 Å². The molecule has 1 aliphatic carbocycles. The molecule has 2 rings (SSSR count). The van der Waals surface area contributed by atoms with E-state index in [0.29, 0.717) is 18.8 Å². The fourth-order valence-electron chi connectivity index (χ4n) is 2.34. The predicted octanol–water partition coefficient (Wildman–Crippen LogP) is 2.83. The Balaban J connectivity index is 1.79. The zero-order chi connectivity index (χ0) is 13.5. The van der Waals surface area contributed by atoms with E-state index in [1.807, 2.05) is 0 Å². The molecule has 1 aromatic rings. The predicted molar refractivity (Wildman–Crippen MR) is 76.5 cm³/mol. The lowest BCUT2D eigenvalue weighted by molar-refractivity contribution is -0.0370. The lowest BCUT2D eigenvalue weighted by Gasteiger charge is -2.28. The molecule has 1 N–H and O–H groups in total. The molecule has 1 aromatic heterocycles. The molecule has 19 heavy (non-hydrogen) atoms. The molecule has 1 heterocycles. The van der Waals surface area contributed by atoms with Crippen LogP contribution in [0.5, 0.6) is 0 Å². The molecule has 0 aromatic carbocycles. The molecule has 108 valence electrons. The molecule has 0 bridgehead atoms. The number of nitrogens with zero attached hydrogens (tertiary/aromatic N) is 2. The Labute approximate surface area is 118 Å². The number of anilines is 1. The van der Waals surface area contributed by atoms with Crippen molar-refractivity contribution in [3.63, 3.8) is 0 Å². The van der Waals surface area contributed by atoms with Crippen molar-refractivity contribution in [2.75, 3.05) is 19.0 Å². The molecule has 2 unspecified atom stereocenters. The lowest BCUT2D eigenvalue weighted by Crippen LogP contribution is -2.27. The van der Waals surface area contributed by atoms with Crippen LogP contribution in [0.2, 0.25) is 0 Å². The summed E-state index contributed by atoms with van der Waals surface area (Å²) in [4.78, 5) is 0. The van der Waals surface area contributed by atoms with E-state index in [0.717, 1.165) is 42.9 Å². The number of ether oxygens (including phenoxy) is 2. The highest BCUT2D eigenvalue weighted by Gasteiger charge is 2.22. The van der Waals surface area contributed by atoms with Gasteiger partial charge in [0.2, 0.25) is 0 Å². The van der Waals surface area contributed by atoms with Gasteiger partial charge in [0.1, 0.15) is 10.7 Å². The van der Waals surface area contributed by atoms with Gasteiger partial charge >= 0.3 is 0 Å². The van der Waals surface area contributed by atoms with E-state index < -0.39 is 0 Å². The Morgan fingerprint density at radius 2 is 2.21 bits per heavy atom. The average Bonchev–Trinajstić information content (AvgIpc) is 2.90. The largest absolute Gasteiger partial charge is 0.381 e. The second kappa shape index (κ2) is 7.77. The summed E-state index contributed by atoms with van der Waals surface area (Å²) in [5.41, 5.74) is 0.929. The minimum absolute atomic E-state index is 0.291. The van der Waals surface area contributed by atoms with Gasteiger partial charge in [-0.05, 0) is 32.1 Å². The molecule has 1 saturated carbocycles. The summed E-state index contributed by atoms with van der Waals surface area (Å²) in [7, 11) is 1.78. The van der Waals surface area contributed by atoms with Crippen molar-refractivity contribution in [1.82, 2.24) is 9.59 Å². The normalized spacial score (nSPS) is 23.5. The molecular weight excluding hydrogens is 262 g/mol. The van der Waals surface area contributed by atoms with Crippen molar-refractivity contribution in [2.24, 2.45) is 0 Å². The van der Waals surface area contributed by atoms with Crippen molar-refractivity contribution in [3.8, 4) is 0 Å². The van der Waals surface area contributed by atoms with E-state index in [9.17, 15) is 0 Å². The maximum absolute atomic E-state index is 5.96. The zero-order valence-corrected chi connectivity index (χ0v) is 12.5. The first-order valence-corrected chi connectivity index (χ1v) is 7.80. The van der Waals surface area contributed by atoms with Crippen LogP contribution in [0, 0.1) is 0 Å². The molecule has 2 atom stereocenters. The van der Waals surface area contributed by atoms with Gasteiger partial charge in [-0.1, -0.05) is 11.4 Å². The second-order valence-corrected chi connectivity index (χ2v) is 5.69. The summed E-state index contributed by atoms with van der Waals surface area (Å²) >= 11 is 1.40. The van der Waals surface area contributed by atoms with Crippen molar-refractivity contribution in [2.45, 2.75) is 57.8 Å². The third-order valence-electron chi connectivity index (χ3n) is 3.46. The van der Waals surface area contributed by atoms with Gasteiger partial charge in [0.15, 0.2) is 0 Å². The zero-order valence-electron chi connectivity index (χ0n) is 11.7. The van der Waals surface area contributed by atoms with Crippen LogP contribution in [0.1, 0.15) is 44.7 Å². The second-order valence-electron chi connectivity index (χ2n) is 4.93. The van der Waals surface area contributed by atoms with Crippen LogP contribution in [0.15, 0.2) is 0 Å². The Kier molecular flexibility index (Phi) is 6.00. The quantitative estimate of drug-likeness (QED) is 0.835. The molecule has 0 spiro atoms. The number of hydrogen-bond acceptors (Lipinski definition) is 6. The molecule has 0 saturated heterocycles. The highest BCUT2D eigenvalue weighted by molar-refractivity contribution is 7.10. The summed E-state index contributed by atoms with van der Waals surface area (Å²) in [5.74, 6) is 0. The van der Waals surface area contributed by atoms with Gasteiger partial charge in [0.05, 0.1) is 18.8 Å². The number of aromatic nitrogens is 2. The van der Waals surface area contributed by atoms with Crippen LogP contribution in [-0.2, 0) is 16.1 Å². The molecular formula is C13H23N3O2S. The smallest absolute Gasteiger partial charge is 0.135 e. The average molecular weight is 285 g/mol. The summed E-state index contributed by atoms with van der Waals surface area (Å²) in [6.07, 6.45) is 6.18. The highest BCUT2D eigenvalue weighted by atomic mass is 32.1. The summed E-state index contributed by atoms with van der Waals surface area (Å²) in [5, 5.41) is 8.52. The Morgan fingerprint density at radius 1 is 1.37 bits per heavy atom. The lowest BCUT2D eigenvalue weighted by atomic mass is 9.95. The number of rotatable bonds is 7. The topological polar surface area (TPSA) is 56.3 Å². The van der Waals surface area contributed by atoms with Crippen molar-refractivity contribution in [3.05, 3.63) is 5.69 Å². The van der Waals surface area contributed by atoms with Crippen molar-refractivity contribution >= 4 is 16.5 Å². The van der Waals surface area contributed by atoms with Gasteiger partial charge < -0.3 is 14.8 Å². The van der Waals surface area contributed by atoms with E-state index in [4.69, 9.17) is 9.47 Å². The van der Waals surface area contributed by atoms with Gasteiger partial charge in [-0.2, -0.15) is 0 Å². The standard InChI is InChI=1S/C13H23N3O2S/c1-3-7-14-13-12(15-16-19-13)9-18-11-6-4-5-10(8-11)17-2/h10-11,14H,3-9H2,1-2H3. The monoisotopic (exact) mass is 285 g/mol. The number of nitrogens with one attached hydrogen (secondary N) is 1. The van der Waals surface area contributed by atoms with Crippen molar-refractivity contribution < 1.29 is 9.47 Å². The van der Waals surface area contributed by atoms with E-state index in [-0.39, 0.29) is 0 Å². The van der Waals surface area contributed by atoms with E-state index >= 15 is 0 Å². The third kappa shape index (κ3) is 4.40. The van der Waals surface area contributed by atoms with Crippen LogP contribution in [0.4, 0.5) is 5.00 Å². The maximum Gasteiger partial charge on any atom is 0.135 e. The fourth-order valence-corrected chi connectivity index (χ4v) is 2.93. The third-order valence-corrected chi connectivity index (χ3v) is 4.18. The van der Waals surface area contributed by atoms with Gasteiger partial charge in [0, 0.05) is 25.2 Å². The minimum atomic E-state index is 0.291. The van der Waals surface area contributed by atoms with Gasteiger partial charge in [-0.15, -0.1) is 5.10 Å². The molecule has 0 radical (unpaired) electrons. The van der Waals surface area contributed by atoms with Crippen LogP contribution in [0.3, 0.4) is 0 Å². The first-order chi connectivity index (χ1) is 9.33. The van der Waals surface area contributed by atoms with Gasteiger partial charge in [-0.25, -0.2) is 0 Å². The van der Waals surface area contributed by atoms with E-state index in [1.54, 1.807) is 7.11 Å². The van der Waals surface area contributed by atoms with Crippen LogP contribution < -0.4 is 5.32 Å². The molecule has 1 aliphatic rings. The Bertz CT molecular complexity index is 373. The van der Waals surface area contributed by atoms with Crippen LogP contribution >= 0.6 is 11.5 Å². The highest BCUT2D eigenvalue weighted by Crippen LogP contribution is 2.25. The Hall–Kier alpha value is -0.720. The minimum Gasteiger partial charge on any atom is -0.381 e. The summed E-state index contributed by atoms with van der Waals surface area (Å²) < 4.78 is 15.4. The molecule has 0 amide bonds. The first-order valence-electron chi connectivity index (χ1n) is 7.03. The van der Waals surface area contributed by atoms with Gasteiger partial charge in [0.25, 0.3) is 0 Å². The number of hydrogen-bond donors (Lipinski definition) is 1. The van der Waals surface area contributed by atoms with Crippen LogP contribution in [0.25, 0.3) is 0 Å². The summed E-state index contributed by atoms with van der Waals surface area (Å²) in [6.45, 7) is 3.64. The molecule has 0 aliphatic heterocycles. The van der Waals surface area contributed by atoms with Crippen LogP contribution in [-0.4, -0.2) is 35.4 Å².